The predicted octanol–water partition coefficient (Wildman–Crippen LogP) is -1.41. The molecule has 0 radical (unpaired) electrons. The molecule has 3 rings (SSSR count). The minimum atomic E-state index is -2.28. The van der Waals surface area contributed by atoms with E-state index >= 15 is 0 Å². The van der Waals surface area contributed by atoms with Gasteiger partial charge in [0, 0.05) is 24.7 Å². The summed E-state index contributed by atoms with van der Waals surface area (Å²) in [6.45, 7) is 0.139. The van der Waals surface area contributed by atoms with Crippen molar-refractivity contribution in [3.63, 3.8) is 0 Å². The van der Waals surface area contributed by atoms with E-state index in [1.54, 1.807) is 17.2 Å². The maximum atomic E-state index is 12.7. The number of aliphatic carboxylic acids is 2. The molecule has 0 aromatic heterocycles. The molecule has 1 atom stereocenters. The summed E-state index contributed by atoms with van der Waals surface area (Å²) in [6.07, 6.45) is 4.39. The Morgan fingerprint density at radius 1 is 1.15 bits per heavy atom. The number of piperidine rings is 1. The van der Waals surface area contributed by atoms with Crippen LogP contribution in [0.4, 0.5) is 0 Å². The van der Waals surface area contributed by atoms with Crippen LogP contribution in [0.25, 0.3) is 0 Å². The first-order valence-corrected chi connectivity index (χ1v) is 7.73. The highest BCUT2D eigenvalue weighted by Gasteiger charge is 2.47. The van der Waals surface area contributed by atoms with E-state index in [2.05, 4.69) is 0 Å². The second kappa shape index (κ2) is 6.14. The zero-order valence-electron chi connectivity index (χ0n) is 13.4. The number of likely N-dealkylation sites (tertiary alicyclic amines) is 1. The largest absolute Gasteiger partial charge is 0.479 e. The summed E-state index contributed by atoms with van der Waals surface area (Å²) in [5, 5.41) is 18.2. The molecule has 2 aliphatic heterocycles. The molecule has 0 aromatic carbocycles. The topological polar surface area (TPSA) is 158 Å². The lowest BCUT2D eigenvalue weighted by atomic mass is 9.98. The number of hydrogen-bond acceptors (Lipinski definition) is 7. The van der Waals surface area contributed by atoms with Gasteiger partial charge in [-0.1, -0.05) is 0 Å². The number of fused-ring (bicyclic) bond motifs is 1. The first kappa shape index (κ1) is 17.4. The van der Waals surface area contributed by atoms with Crippen molar-refractivity contribution in [2.45, 2.75) is 24.9 Å². The van der Waals surface area contributed by atoms with Crippen molar-refractivity contribution < 1.29 is 34.2 Å². The maximum Gasteiger partial charge on any atom is 0.338 e. The molecular formula is C16H15N3O7. The van der Waals surface area contributed by atoms with E-state index in [0.29, 0.717) is 11.1 Å². The van der Waals surface area contributed by atoms with Crippen molar-refractivity contribution in [2.24, 2.45) is 5.73 Å². The highest BCUT2D eigenvalue weighted by molar-refractivity contribution is 6.10. The first-order chi connectivity index (χ1) is 12.2. The van der Waals surface area contributed by atoms with Gasteiger partial charge in [0.05, 0.1) is 5.70 Å². The number of carbonyl (C=O) groups is 5. The van der Waals surface area contributed by atoms with Gasteiger partial charge in [-0.2, -0.15) is 0 Å². The third-order valence-corrected chi connectivity index (χ3v) is 4.55. The van der Waals surface area contributed by atoms with E-state index in [9.17, 15) is 24.0 Å². The van der Waals surface area contributed by atoms with Gasteiger partial charge in [-0.15, -0.1) is 0 Å². The Morgan fingerprint density at radius 2 is 1.81 bits per heavy atom. The lowest BCUT2D eigenvalue weighted by Crippen LogP contribution is -2.60. The van der Waals surface area contributed by atoms with E-state index in [1.165, 1.54) is 6.08 Å². The molecule has 3 aliphatic rings. The summed E-state index contributed by atoms with van der Waals surface area (Å²) in [5.41, 5.74) is 7.02. The number of carbonyl (C=O) groups excluding carboxylic acids is 3. The van der Waals surface area contributed by atoms with Crippen LogP contribution in [0.3, 0.4) is 0 Å². The van der Waals surface area contributed by atoms with Crippen LogP contribution in [-0.2, 0) is 24.0 Å². The number of ketones is 1. The number of allylic oxidation sites excluding steroid dienone is 2. The van der Waals surface area contributed by atoms with Gasteiger partial charge in [-0.05, 0) is 24.1 Å². The van der Waals surface area contributed by atoms with Crippen LogP contribution in [0.15, 0.2) is 35.2 Å². The molecule has 136 valence electrons. The number of rotatable bonds is 4. The second-order valence-electron chi connectivity index (χ2n) is 6.08. The molecule has 10 nitrogen and oxygen atoms in total. The van der Waals surface area contributed by atoms with Crippen LogP contribution in [0.1, 0.15) is 12.8 Å². The fourth-order valence-corrected chi connectivity index (χ4v) is 3.26. The van der Waals surface area contributed by atoms with Gasteiger partial charge in [0.1, 0.15) is 6.04 Å². The Bertz CT molecular complexity index is 825. The van der Waals surface area contributed by atoms with Gasteiger partial charge >= 0.3 is 11.9 Å². The normalized spacial score (nSPS) is 22.9. The molecule has 1 unspecified atom stereocenters. The maximum absolute atomic E-state index is 12.7. The molecule has 0 spiro atoms. The quantitative estimate of drug-likeness (QED) is 0.404. The summed E-state index contributed by atoms with van der Waals surface area (Å²) in [4.78, 5) is 60.6. The zero-order chi connectivity index (χ0) is 19.2. The van der Waals surface area contributed by atoms with E-state index in [-0.39, 0.29) is 35.8 Å². The van der Waals surface area contributed by atoms with Crippen LogP contribution >= 0.6 is 0 Å². The molecular weight excluding hydrogens is 346 g/mol. The monoisotopic (exact) mass is 361 g/mol. The Kier molecular flexibility index (Phi) is 4.10. The van der Waals surface area contributed by atoms with Crippen molar-refractivity contribution >= 4 is 29.5 Å². The molecule has 2 amide bonds. The molecule has 2 heterocycles. The Balaban J connectivity index is 1.90. The predicted molar refractivity (Wildman–Crippen MR) is 84.1 cm³/mol. The van der Waals surface area contributed by atoms with Gasteiger partial charge in [0.25, 0.3) is 5.91 Å². The Morgan fingerprint density at radius 3 is 2.42 bits per heavy atom. The molecule has 0 aromatic rings. The average molecular weight is 361 g/mol. The zero-order valence-corrected chi connectivity index (χ0v) is 13.4. The molecule has 26 heavy (non-hydrogen) atoms. The fraction of sp³-hybridized carbons (Fsp3) is 0.312. The van der Waals surface area contributed by atoms with Gasteiger partial charge in [-0.25, -0.2) is 9.59 Å². The van der Waals surface area contributed by atoms with Crippen LogP contribution in [-0.4, -0.2) is 68.2 Å². The fourth-order valence-electron chi connectivity index (χ4n) is 3.26. The standard InChI is InChI=1S/C16H15N3O7/c17-12-8-6-18(5-7(8)1-3-10(12)20)9-2-4-11(21)19(14(9)22)13(15(23)24)16(25)26/h1,3,5,9,13H,2,4,6,17H2,(H,23,24)(H,25,26). The molecule has 1 saturated heterocycles. The number of amides is 2. The molecule has 1 aliphatic carbocycles. The van der Waals surface area contributed by atoms with Crippen LogP contribution in [0.5, 0.6) is 0 Å². The molecule has 0 bridgehead atoms. The Hall–Kier alpha value is -3.43. The molecule has 1 fully saturated rings. The Labute approximate surface area is 146 Å². The number of carboxylic acid groups (broad SMARTS) is 2. The summed E-state index contributed by atoms with van der Waals surface area (Å²) >= 11 is 0. The van der Waals surface area contributed by atoms with Crippen molar-refractivity contribution in [3.8, 4) is 0 Å². The highest BCUT2D eigenvalue weighted by atomic mass is 16.4. The molecule has 0 saturated carbocycles. The summed E-state index contributed by atoms with van der Waals surface area (Å²) < 4.78 is 0. The summed E-state index contributed by atoms with van der Waals surface area (Å²) in [6, 6.07) is -3.20. The molecule has 10 heteroatoms. The lowest BCUT2D eigenvalue weighted by Gasteiger charge is -2.36. The number of hydrogen-bond donors (Lipinski definition) is 3. The van der Waals surface area contributed by atoms with Crippen LogP contribution in [0, 0.1) is 0 Å². The highest BCUT2D eigenvalue weighted by Crippen LogP contribution is 2.31. The molecule has 4 N–H and O–H groups in total. The second-order valence-corrected chi connectivity index (χ2v) is 6.08. The average Bonchev–Trinajstić information content (AvgIpc) is 2.98. The van der Waals surface area contributed by atoms with Crippen LogP contribution in [0.2, 0.25) is 0 Å². The summed E-state index contributed by atoms with van der Waals surface area (Å²) in [7, 11) is 0. The van der Waals surface area contributed by atoms with Crippen molar-refractivity contribution in [2.75, 3.05) is 6.54 Å². The minimum Gasteiger partial charge on any atom is -0.479 e. The van der Waals surface area contributed by atoms with Crippen molar-refractivity contribution in [1.29, 1.82) is 0 Å². The lowest BCUT2D eigenvalue weighted by molar-refractivity contribution is -0.170. The van der Waals surface area contributed by atoms with E-state index in [0.717, 1.165) is 0 Å². The number of nitrogens with two attached hydrogens (primary N) is 1. The first-order valence-electron chi connectivity index (χ1n) is 7.73. The van der Waals surface area contributed by atoms with Gasteiger partial charge in [0.15, 0.2) is 0 Å². The third-order valence-electron chi connectivity index (χ3n) is 4.55. The van der Waals surface area contributed by atoms with Crippen molar-refractivity contribution in [3.05, 3.63) is 35.2 Å². The van der Waals surface area contributed by atoms with Crippen LogP contribution < -0.4 is 5.73 Å². The smallest absolute Gasteiger partial charge is 0.338 e. The summed E-state index contributed by atoms with van der Waals surface area (Å²) in [5.74, 6) is -5.69. The number of nitrogens with zero attached hydrogens (tertiary/aromatic N) is 2. The van der Waals surface area contributed by atoms with E-state index in [1.807, 2.05) is 0 Å². The van der Waals surface area contributed by atoms with Gasteiger partial charge in [0.2, 0.25) is 17.7 Å². The number of imide groups is 1. The number of carboxylic acids is 2. The van der Waals surface area contributed by atoms with Gasteiger partial charge in [-0.3, -0.25) is 19.3 Å². The van der Waals surface area contributed by atoms with Gasteiger partial charge < -0.3 is 20.8 Å². The van der Waals surface area contributed by atoms with E-state index in [4.69, 9.17) is 15.9 Å². The SMILES string of the molecule is NC1=C2CN(C3CCC(=O)N(C(C(=O)O)C(=O)O)C3=O)C=C2C=CC1=O. The van der Waals surface area contributed by atoms with Crippen molar-refractivity contribution in [1.82, 2.24) is 9.80 Å². The minimum absolute atomic E-state index is 0.0615. The van der Waals surface area contributed by atoms with E-state index < -0.39 is 35.8 Å². The third kappa shape index (κ3) is 2.65.